The zero-order valence-electron chi connectivity index (χ0n) is 25.3. The molecule has 1 saturated carbocycles. The van der Waals surface area contributed by atoms with Crippen LogP contribution >= 0.6 is 0 Å². The molecule has 3 aromatic carbocycles. The van der Waals surface area contributed by atoms with E-state index in [2.05, 4.69) is 5.32 Å². The Balaban J connectivity index is 1.43. The van der Waals surface area contributed by atoms with Crippen molar-refractivity contribution >= 4 is 43.5 Å². The summed E-state index contributed by atoms with van der Waals surface area (Å²) in [6, 6.07) is 12.8. The van der Waals surface area contributed by atoms with Gasteiger partial charge in [-0.3, -0.25) is 19.3 Å². The van der Waals surface area contributed by atoms with Crippen molar-refractivity contribution in [2.24, 2.45) is 0 Å². The van der Waals surface area contributed by atoms with Gasteiger partial charge >= 0.3 is 0 Å². The summed E-state index contributed by atoms with van der Waals surface area (Å²) in [7, 11) is -8.24. The van der Waals surface area contributed by atoms with E-state index in [-0.39, 0.29) is 32.6 Å². The molecular weight excluding hydrogens is 649 g/mol. The summed E-state index contributed by atoms with van der Waals surface area (Å²) >= 11 is 0. The number of sulfonamides is 2. The van der Waals surface area contributed by atoms with Gasteiger partial charge in [0, 0.05) is 24.8 Å². The van der Waals surface area contributed by atoms with E-state index in [0.717, 1.165) is 42.7 Å². The monoisotopic (exact) mass is 682 g/mol. The van der Waals surface area contributed by atoms with Gasteiger partial charge in [-0.1, -0.05) is 31.0 Å². The fourth-order valence-corrected chi connectivity index (χ4v) is 9.39. The lowest BCUT2D eigenvalue weighted by molar-refractivity contribution is -0.127. The van der Waals surface area contributed by atoms with Crippen LogP contribution in [0.5, 0.6) is 11.5 Å². The molecule has 2 aliphatic heterocycles. The molecule has 6 rings (SSSR count). The van der Waals surface area contributed by atoms with E-state index < -0.39 is 61.9 Å². The number of benzene rings is 3. The molecule has 248 valence electrons. The first-order valence-electron chi connectivity index (χ1n) is 15.3. The molecule has 1 unspecified atom stereocenters. The van der Waals surface area contributed by atoms with Gasteiger partial charge in [0.2, 0.25) is 21.8 Å². The van der Waals surface area contributed by atoms with Crippen LogP contribution in [0.25, 0.3) is 0 Å². The molecule has 0 spiro atoms. The molecule has 1 saturated heterocycles. The van der Waals surface area contributed by atoms with Gasteiger partial charge in [-0.25, -0.2) is 21.1 Å². The molecular formula is C32H34N4O9S2. The Hall–Kier alpha value is -4.47. The Morgan fingerprint density at radius 3 is 2.21 bits per heavy atom. The van der Waals surface area contributed by atoms with Crippen molar-refractivity contribution in [3.8, 4) is 11.5 Å². The maximum atomic E-state index is 14.3. The number of nitrogens with one attached hydrogen (secondary N) is 1. The Labute approximate surface area is 272 Å². The summed E-state index contributed by atoms with van der Waals surface area (Å²) in [5.74, 6) is -3.56. The maximum Gasteiger partial charge on any atom is 0.269 e. The molecule has 15 heteroatoms. The fourth-order valence-electron chi connectivity index (χ4n) is 6.36. The predicted molar refractivity (Wildman–Crippen MR) is 169 cm³/mol. The molecule has 0 radical (unpaired) electrons. The van der Waals surface area contributed by atoms with Gasteiger partial charge in [-0.2, -0.15) is 4.31 Å². The van der Waals surface area contributed by atoms with Gasteiger partial charge in [0.25, 0.3) is 15.9 Å². The number of phenolic OH excluding ortho intramolecular Hbond substituents is 2. The average molecular weight is 683 g/mol. The number of anilines is 1. The standard InChI is InChI=1S/C32H34N4O9S2/c37-26-16-11-21(19-27(26)38)30(31(40)33-22-7-1-2-8-22)36(23-12-14-24(15-13-23)46(42,43)34-17-5-6-18-34)29(39)20-35-32(41)25-9-3-4-10-28(25)47(35,44)45/h3-4,9-16,19,22,30,37-38H,1-2,5-8,17-18,20H2,(H,33,40). The van der Waals surface area contributed by atoms with Crippen molar-refractivity contribution < 1.29 is 41.4 Å². The van der Waals surface area contributed by atoms with Gasteiger partial charge in [0.1, 0.15) is 17.5 Å². The topological polar surface area (TPSA) is 182 Å². The molecule has 1 atom stereocenters. The SMILES string of the molecule is O=C(NC1CCCC1)C(c1ccc(O)c(O)c1)N(C(=O)CN1C(=O)c2ccccc2S1(=O)=O)c1ccc(S(=O)(=O)N2CCCC2)cc1. The van der Waals surface area contributed by atoms with E-state index >= 15 is 0 Å². The molecule has 2 fully saturated rings. The van der Waals surface area contributed by atoms with Crippen LogP contribution in [0.15, 0.2) is 76.5 Å². The van der Waals surface area contributed by atoms with Gasteiger partial charge in [-0.15, -0.1) is 0 Å². The van der Waals surface area contributed by atoms with Crippen LogP contribution in [-0.4, -0.2) is 79.1 Å². The lowest BCUT2D eigenvalue weighted by Crippen LogP contribution is -2.50. The summed E-state index contributed by atoms with van der Waals surface area (Å²) in [5.41, 5.74) is 0.0233. The van der Waals surface area contributed by atoms with E-state index in [4.69, 9.17) is 0 Å². The summed E-state index contributed by atoms with van der Waals surface area (Å²) < 4.78 is 55.0. The first-order valence-corrected chi connectivity index (χ1v) is 18.2. The normalized spacial score (nSPS) is 18.6. The molecule has 3 N–H and O–H groups in total. The molecule has 2 heterocycles. The number of hydrogen-bond donors (Lipinski definition) is 3. The van der Waals surface area contributed by atoms with E-state index in [1.54, 1.807) is 0 Å². The zero-order valence-corrected chi connectivity index (χ0v) is 26.9. The Kier molecular flexibility index (Phi) is 8.72. The van der Waals surface area contributed by atoms with Gasteiger partial charge in [0.05, 0.1) is 10.5 Å². The minimum Gasteiger partial charge on any atom is -0.504 e. The first kappa shape index (κ1) is 32.5. The van der Waals surface area contributed by atoms with E-state index in [0.29, 0.717) is 30.2 Å². The number of fused-ring (bicyclic) bond motifs is 1. The molecule has 3 aromatic rings. The second kappa shape index (κ2) is 12.6. The van der Waals surface area contributed by atoms with Crippen molar-refractivity contribution in [2.75, 3.05) is 24.5 Å². The number of carbonyl (C=O) groups is 3. The Morgan fingerprint density at radius 2 is 1.57 bits per heavy atom. The van der Waals surface area contributed by atoms with Crippen molar-refractivity contribution in [3.05, 3.63) is 77.9 Å². The molecule has 3 amide bonds. The van der Waals surface area contributed by atoms with E-state index in [9.17, 15) is 41.4 Å². The lowest BCUT2D eigenvalue weighted by Gasteiger charge is -2.33. The molecule has 1 aliphatic carbocycles. The minimum absolute atomic E-state index is 0.0301. The zero-order chi connectivity index (χ0) is 33.5. The van der Waals surface area contributed by atoms with E-state index in [1.165, 1.54) is 58.9 Å². The van der Waals surface area contributed by atoms with Crippen LogP contribution in [-0.2, 0) is 29.6 Å². The second-order valence-corrected chi connectivity index (χ2v) is 15.6. The van der Waals surface area contributed by atoms with Crippen molar-refractivity contribution in [3.63, 3.8) is 0 Å². The number of amides is 3. The third-order valence-corrected chi connectivity index (χ3v) is 12.5. The summed E-state index contributed by atoms with van der Waals surface area (Å²) in [4.78, 5) is 42.4. The highest BCUT2D eigenvalue weighted by Crippen LogP contribution is 2.36. The van der Waals surface area contributed by atoms with Crippen molar-refractivity contribution in [1.29, 1.82) is 0 Å². The third kappa shape index (κ3) is 6.05. The summed E-state index contributed by atoms with van der Waals surface area (Å²) in [5, 5.41) is 23.3. The first-order chi connectivity index (χ1) is 22.4. The van der Waals surface area contributed by atoms with Gasteiger partial charge in [-0.05, 0) is 79.8 Å². The number of nitrogens with zero attached hydrogens (tertiary/aromatic N) is 3. The molecule has 47 heavy (non-hydrogen) atoms. The highest BCUT2D eigenvalue weighted by Gasteiger charge is 2.44. The Morgan fingerprint density at radius 1 is 0.915 bits per heavy atom. The number of phenols is 2. The number of hydrogen-bond acceptors (Lipinski definition) is 9. The van der Waals surface area contributed by atoms with Crippen LogP contribution in [0.1, 0.15) is 60.5 Å². The molecule has 0 aromatic heterocycles. The van der Waals surface area contributed by atoms with E-state index in [1.807, 2.05) is 0 Å². The van der Waals surface area contributed by atoms with Crippen LogP contribution in [0, 0.1) is 0 Å². The largest absolute Gasteiger partial charge is 0.504 e. The number of aromatic hydroxyl groups is 2. The molecule has 13 nitrogen and oxygen atoms in total. The predicted octanol–water partition coefficient (Wildman–Crippen LogP) is 2.86. The number of rotatable bonds is 9. The van der Waals surface area contributed by atoms with Crippen LogP contribution in [0.4, 0.5) is 5.69 Å². The van der Waals surface area contributed by atoms with Gasteiger partial charge < -0.3 is 15.5 Å². The summed E-state index contributed by atoms with van der Waals surface area (Å²) in [6.45, 7) is -0.215. The highest BCUT2D eigenvalue weighted by atomic mass is 32.2. The highest BCUT2D eigenvalue weighted by molar-refractivity contribution is 7.90. The third-order valence-electron chi connectivity index (χ3n) is 8.80. The maximum absolute atomic E-state index is 14.3. The smallest absolute Gasteiger partial charge is 0.269 e. The second-order valence-electron chi connectivity index (χ2n) is 11.8. The Bertz CT molecular complexity index is 1940. The average Bonchev–Trinajstić information content (AvgIpc) is 3.82. The fraction of sp³-hybridized carbons (Fsp3) is 0.344. The van der Waals surface area contributed by atoms with Crippen LogP contribution in [0.2, 0.25) is 0 Å². The summed E-state index contributed by atoms with van der Waals surface area (Å²) in [6.07, 6.45) is 4.66. The minimum atomic E-state index is -4.41. The molecule has 0 bridgehead atoms. The van der Waals surface area contributed by atoms with Crippen LogP contribution in [0.3, 0.4) is 0 Å². The van der Waals surface area contributed by atoms with Crippen LogP contribution < -0.4 is 10.2 Å². The quantitative estimate of drug-likeness (QED) is 0.286. The van der Waals surface area contributed by atoms with Gasteiger partial charge in [0.15, 0.2) is 11.5 Å². The lowest BCUT2D eigenvalue weighted by atomic mass is 10.0. The van der Waals surface area contributed by atoms with Crippen molar-refractivity contribution in [2.45, 2.75) is 60.4 Å². The van der Waals surface area contributed by atoms with Crippen molar-refractivity contribution in [1.82, 2.24) is 13.9 Å². The number of carbonyl (C=O) groups excluding carboxylic acids is 3. The molecule has 3 aliphatic rings.